The van der Waals surface area contributed by atoms with Crippen molar-refractivity contribution in [2.24, 2.45) is 29.2 Å². The highest BCUT2D eigenvalue weighted by Gasteiger charge is 2.60. The van der Waals surface area contributed by atoms with E-state index in [0.717, 1.165) is 0 Å². The smallest absolute Gasteiger partial charge is 0.253 e. The molecule has 1 amide bonds. The highest BCUT2D eigenvalue weighted by Crippen LogP contribution is 2.52. The normalized spacial score (nSPS) is 31.2. The number of rotatable bonds is 1. The number of phenolic OH excluding ortho intramolecular Hbond substituents is 1. The summed E-state index contributed by atoms with van der Waals surface area (Å²) >= 11 is 0. The van der Waals surface area contributed by atoms with E-state index in [1.165, 1.54) is 6.07 Å². The number of Topliss-reactive ketones (excluding diaryl/α,β-unsaturated/α-hetero) is 1. The van der Waals surface area contributed by atoms with Gasteiger partial charge >= 0.3 is 0 Å². The van der Waals surface area contributed by atoms with Crippen molar-refractivity contribution in [1.82, 2.24) is 0 Å². The van der Waals surface area contributed by atoms with Gasteiger partial charge in [-0.05, 0) is 36.3 Å². The van der Waals surface area contributed by atoms with Crippen LogP contribution >= 0.6 is 0 Å². The molecule has 1 saturated carbocycles. The molecule has 4 rings (SSSR count). The molecule has 3 aliphatic carbocycles. The standard InChI is InChI=1S/C19H20N2O7/c20-14-8-5-7-4-6-2-1-3-9(22)10(6)15(23)11(7)16(24)12(8)19(27,28)13(17(14)25)18(21)26/h1-3,7-8,12,14,22-23,25,27-28H,4-5,20H2,(H2,21,26). The summed E-state index contributed by atoms with van der Waals surface area (Å²) in [7, 11) is 0. The topological polar surface area (TPSA) is 187 Å². The van der Waals surface area contributed by atoms with Crippen molar-refractivity contribution in [3.05, 3.63) is 46.2 Å². The number of primary amides is 1. The Morgan fingerprint density at radius 2 is 1.86 bits per heavy atom. The third-order valence-corrected chi connectivity index (χ3v) is 6.11. The molecule has 4 unspecified atom stereocenters. The van der Waals surface area contributed by atoms with Gasteiger partial charge in [0.25, 0.3) is 5.91 Å². The number of aliphatic hydroxyl groups excluding tert-OH is 2. The average molecular weight is 388 g/mol. The quantitative estimate of drug-likeness (QED) is 0.309. The first-order valence-corrected chi connectivity index (χ1v) is 8.79. The first kappa shape index (κ1) is 18.5. The zero-order chi connectivity index (χ0) is 20.5. The van der Waals surface area contributed by atoms with Crippen molar-refractivity contribution in [2.45, 2.75) is 24.7 Å². The van der Waals surface area contributed by atoms with Gasteiger partial charge in [0.1, 0.15) is 22.8 Å². The highest BCUT2D eigenvalue weighted by molar-refractivity contribution is 6.07. The third kappa shape index (κ3) is 2.24. The summed E-state index contributed by atoms with van der Waals surface area (Å²) in [5.74, 6) is -9.51. The predicted molar refractivity (Wildman–Crippen MR) is 95.4 cm³/mol. The first-order valence-electron chi connectivity index (χ1n) is 8.79. The molecule has 3 aliphatic rings. The first-order chi connectivity index (χ1) is 13.1. The summed E-state index contributed by atoms with van der Waals surface area (Å²) < 4.78 is 0. The van der Waals surface area contributed by atoms with Gasteiger partial charge in [-0.15, -0.1) is 0 Å². The fourth-order valence-corrected chi connectivity index (χ4v) is 4.93. The van der Waals surface area contributed by atoms with Crippen molar-refractivity contribution in [3.63, 3.8) is 0 Å². The molecule has 1 aromatic rings. The molecule has 28 heavy (non-hydrogen) atoms. The fourth-order valence-electron chi connectivity index (χ4n) is 4.93. The van der Waals surface area contributed by atoms with E-state index >= 15 is 0 Å². The van der Waals surface area contributed by atoms with E-state index in [1.54, 1.807) is 12.1 Å². The van der Waals surface area contributed by atoms with E-state index in [-0.39, 0.29) is 23.3 Å². The van der Waals surface area contributed by atoms with Gasteiger partial charge in [0, 0.05) is 5.57 Å². The van der Waals surface area contributed by atoms with Gasteiger partial charge in [-0.2, -0.15) is 0 Å². The number of nitrogens with two attached hydrogens (primary N) is 2. The molecule has 4 atom stereocenters. The van der Waals surface area contributed by atoms with E-state index in [1.807, 2.05) is 0 Å². The van der Waals surface area contributed by atoms with Crippen LogP contribution in [0.1, 0.15) is 17.5 Å². The molecule has 1 aromatic carbocycles. The van der Waals surface area contributed by atoms with Crippen LogP contribution in [0.5, 0.6) is 5.75 Å². The van der Waals surface area contributed by atoms with E-state index in [4.69, 9.17) is 11.5 Å². The van der Waals surface area contributed by atoms with Crippen LogP contribution in [0, 0.1) is 17.8 Å². The second kappa shape index (κ2) is 5.81. The Kier molecular flexibility index (Phi) is 3.83. The lowest BCUT2D eigenvalue weighted by atomic mass is 9.58. The van der Waals surface area contributed by atoms with Crippen molar-refractivity contribution in [2.75, 3.05) is 0 Å². The monoisotopic (exact) mass is 388 g/mol. The number of carbonyl (C=O) groups is 2. The molecule has 0 bridgehead atoms. The van der Waals surface area contributed by atoms with Crippen molar-refractivity contribution >= 4 is 17.4 Å². The van der Waals surface area contributed by atoms with Crippen molar-refractivity contribution in [1.29, 1.82) is 0 Å². The van der Waals surface area contributed by atoms with Crippen LogP contribution in [0.4, 0.5) is 0 Å². The predicted octanol–water partition coefficient (Wildman–Crippen LogP) is -0.642. The number of ketones is 1. The average Bonchev–Trinajstić information content (AvgIpc) is 2.58. The molecular weight excluding hydrogens is 368 g/mol. The SMILES string of the molecule is NC(=O)C1=C(O)C(N)C2CC3Cc4cccc(O)c4C(O)=C3C(=O)C2C1(O)O. The zero-order valence-electron chi connectivity index (χ0n) is 14.7. The summed E-state index contributed by atoms with van der Waals surface area (Å²) in [6.45, 7) is 0. The number of hydrogen-bond acceptors (Lipinski definition) is 8. The Bertz CT molecular complexity index is 978. The molecular formula is C19H20N2O7. The number of benzene rings is 1. The molecule has 148 valence electrons. The van der Waals surface area contributed by atoms with Gasteiger partial charge in [-0.1, -0.05) is 12.1 Å². The van der Waals surface area contributed by atoms with Gasteiger partial charge in [0.2, 0.25) is 5.79 Å². The van der Waals surface area contributed by atoms with Gasteiger partial charge in [-0.25, -0.2) is 0 Å². The zero-order valence-corrected chi connectivity index (χ0v) is 14.7. The van der Waals surface area contributed by atoms with Gasteiger partial charge < -0.3 is 37.0 Å². The molecule has 9 nitrogen and oxygen atoms in total. The number of fused-ring (bicyclic) bond motifs is 3. The summed E-state index contributed by atoms with van der Waals surface area (Å²) in [6.07, 6.45) is 0.479. The third-order valence-electron chi connectivity index (χ3n) is 6.11. The Morgan fingerprint density at radius 1 is 1.18 bits per heavy atom. The van der Waals surface area contributed by atoms with E-state index in [9.17, 15) is 35.1 Å². The van der Waals surface area contributed by atoms with E-state index < -0.39 is 58.4 Å². The van der Waals surface area contributed by atoms with Crippen LogP contribution in [0.3, 0.4) is 0 Å². The van der Waals surface area contributed by atoms with Crippen LogP contribution in [0.25, 0.3) is 5.76 Å². The molecule has 1 fully saturated rings. The van der Waals surface area contributed by atoms with E-state index in [0.29, 0.717) is 12.0 Å². The number of phenols is 1. The molecule has 0 spiro atoms. The summed E-state index contributed by atoms with van der Waals surface area (Å²) in [5, 5.41) is 52.2. The van der Waals surface area contributed by atoms with Crippen LogP contribution in [0.2, 0.25) is 0 Å². The Labute approximate surface area is 159 Å². The Hall–Kier alpha value is -2.88. The van der Waals surface area contributed by atoms with Gasteiger partial charge in [0.05, 0.1) is 17.5 Å². The molecule has 9 heteroatoms. The van der Waals surface area contributed by atoms with Crippen LogP contribution in [-0.2, 0) is 16.0 Å². The number of amides is 1. The van der Waals surface area contributed by atoms with Crippen LogP contribution < -0.4 is 11.5 Å². The fraction of sp³-hybridized carbons (Fsp3) is 0.368. The Morgan fingerprint density at radius 3 is 2.50 bits per heavy atom. The van der Waals surface area contributed by atoms with Crippen LogP contribution in [-0.4, -0.2) is 49.1 Å². The summed E-state index contributed by atoms with van der Waals surface area (Å²) in [6, 6.07) is 3.51. The maximum absolute atomic E-state index is 13.2. The molecule has 0 heterocycles. The Balaban J connectivity index is 1.90. The minimum atomic E-state index is -3.04. The lowest BCUT2D eigenvalue weighted by Crippen LogP contribution is -2.62. The molecule has 0 aromatic heterocycles. The second-order valence-corrected chi connectivity index (χ2v) is 7.59. The molecule has 9 N–H and O–H groups in total. The molecule has 0 aliphatic heterocycles. The molecule has 0 saturated heterocycles. The van der Waals surface area contributed by atoms with Crippen molar-refractivity contribution in [3.8, 4) is 5.75 Å². The minimum Gasteiger partial charge on any atom is -0.510 e. The van der Waals surface area contributed by atoms with E-state index in [2.05, 4.69) is 0 Å². The maximum atomic E-state index is 13.2. The van der Waals surface area contributed by atoms with Crippen molar-refractivity contribution < 1.29 is 35.1 Å². The lowest BCUT2D eigenvalue weighted by molar-refractivity contribution is -0.199. The maximum Gasteiger partial charge on any atom is 0.253 e. The molecule has 0 radical (unpaired) electrons. The summed E-state index contributed by atoms with van der Waals surface area (Å²) in [4.78, 5) is 24.9. The number of hydrogen-bond donors (Lipinski definition) is 7. The number of carbonyl (C=O) groups excluding carboxylic acids is 2. The second-order valence-electron chi connectivity index (χ2n) is 7.59. The minimum absolute atomic E-state index is 0.0554. The van der Waals surface area contributed by atoms with Crippen LogP contribution in [0.15, 0.2) is 35.1 Å². The highest BCUT2D eigenvalue weighted by atomic mass is 16.5. The van der Waals surface area contributed by atoms with Gasteiger partial charge in [0.15, 0.2) is 5.78 Å². The number of aliphatic hydroxyl groups is 4. The van der Waals surface area contributed by atoms with Gasteiger partial charge in [-0.3, -0.25) is 9.59 Å². The lowest BCUT2D eigenvalue weighted by Gasteiger charge is -2.48. The summed E-state index contributed by atoms with van der Waals surface area (Å²) in [5.41, 5.74) is 11.0. The number of aromatic hydroxyl groups is 1. The largest absolute Gasteiger partial charge is 0.510 e. The number of allylic oxidation sites excluding steroid dienone is 1.